The summed E-state index contributed by atoms with van der Waals surface area (Å²) in [6.45, 7) is 10.8. The van der Waals surface area contributed by atoms with E-state index in [-0.39, 0.29) is 28.3 Å². The van der Waals surface area contributed by atoms with Crippen LogP contribution in [-0.2, 0) is 16.6 Å². The second-order valence-corrected chi connectivity index (χ2v) is 13.6. The van der Waals surface area contributed by atoms with Crippen LogP contribution in [0.5, 0.6) is 11.5 Å². The van der Waals surface area contributed by atoms with Crippen molar-refractivity contribution < 1.29 is 19.3 Å². The molecular weight excluding hydrogens is 438 g/mol. The molecule has 2 heterocycles. The molecule has 1 N–H and O–H groups in total. The van der Waals surface area contributed by atoms with Crippen LogP contribution in [0.3, 0.4) is 0 Å². The molecule has 7 aliphatic rings. The molecule has 5 aliphatic carbocycles. The number of methoxy groups -OCH3 is 2. The van der Waals surface area contributed by atoms with Gasteiger partial charge in [-0.05, 0) is 68.5 Å². The van der Waals surface area contributed by atoms with E-state index >= 15 is 0 Å². The number of rotatable bonds is 5. The van der Waals surface area contributed by atoms with Gasteiger partial charge in [0, 0.05) is 36.6 Å². The summed E-state index contributed by atoms with van der Waals surface area (Å²) in [5.41, 5.74) is 0.639. The van der Waals surface area contributed by atoms with E-state index in [0.29, 0.717) is 6.04 Å². The van der Waals surface area contributed by atoms with Crippen molar-refractivity contribution in [2.24, 2.45) is 22.7 Å². The zero-order valence-electron chi connectivity index (χ0n) is 22.2. The number of ether oxygens (including phenoxy) is 3. The highest BCUT2D eigenvalue weighted by Gasteiger charge is 2.81. The van der Waals surface area contributed by atoms with Crippen molar-refractivity contribution in [1.82, 2.24) is 4.90 Å². The lowest BCUT2D eigenvalue weighted by atomic mass is 9.35. The Labute approximate surface area is 209 Å². The number of piperidine rings is 1. The molecule has 5 heteroatoms. The molecule has 5 nitrogen and oxygen atoms in total. The summed E-state index contributed by atoms with van der Waals surface area (Å²) >= 11 is 0. The molecule has 3 fully saturated rings. The van der Waals surface area contributed by atoms with Crippen molar-refractivity contribution in [3.05, 3.63) is 35.4 Å². The second kappa shape index (κ2) is 6.65. The zero-order valence-corrected chi connectivity index (χ0v) is 22.2. The standard InChI is InChI=1S/C30H41NO4/c1-26(2,3)27(4,32)21-16-28-11-12-30(21,34-6)25-29(28)13-14-31(17-18-7-8-18)22(28)15-19-9-10-20(33-5)24(35-25)23(19)29/h9-12,18,21-22,25,32H,7-8,13-17H2,1-6H3/t21-,22-,25-,27+,28-,29+,30-/m1/s1. The predicted octanol–water partition coefficient (Wildman–Crippen LogP) is 4.49. The largest absolute Gasteiger partial charge is 0.493 e. The quantitative estimate of drug-likeness (QED) is 0.631. The van der Waals surface area contributed by atoms with Gasteiger partial charge in [0.25, 0.3) is 0 Å². The fourth-order valence-corrected chi connectivity index (χ4v) is 9.09. The number of aliphatic hydroxyl groups is 1. The second-order valence-electron chi connectivity index (χ2n) is 13.6. The van der Waals surface area contributed by atoms with Crippen LogP contribution in [0, 0.1) is 22.7 Å². The first-order chi connectivity index (χ1) is 16.6. The molecule has 0 aromatic heterocycles. The maximum atomic E-state index is 12.2. The molecule has 4 bridgehead atoms. The molecule has 1 saturated heterocycles. The lowest BCUT2D eigenvalue weighted by Gasteiger charge is -2.73. The Balaban J connectivity index is 1.49. The van der Waals surface area contributed by atoms with Crippen molar-refractivity contribution in [3.8, 4) is 11.5 Å². The molecule has 2 spiro atoms. The van der Waals surface area contributed by atoms with E-state index in [1.807, 2.05) is 14.0 Å². The average molecular weight is 480 g/mol. The number of fused-ring (bicyclic) bond motifs is 1. The fourth-order valence-electron chi connectivity index (χ4n) is 9.09. The van der Waals surface area contributed by atoms with Gasteiger partial charge in [-0.25, -0.2) is 0 Å². The van der Waals surface area contributed by atoms with Crippen LogP contribution in [0.25, 0.3) is 0 Å². The predicted molar refractivity (Wildman–Crippen MR) is 135 cm³/mol. The first-order valence-corrected chi connectivity index (χ1v) is 13.6. The summed E-state index contributed by atoms with van der Waals surface area (Å²) in [5, 5.41) is 12.2. The third-order valence-corrected chi connectivity index (χ3v) is 11.5. The minimum Gasteiger partial charge on any atom is -0.493 e. The number of hydrogen-bond acceptors (Lipinski definition) is 5. The van der Waals surface area contributed by atoms with Gasteiger partial charge < -0.3 is 19.3 Å². The molecule has 1 aromatic rings. The van der Waals surface area contributed by atoms with Gasteiger partial charge in [0.2, 0.25) is 0 Å². The first kappa shape index (κ1) is 22.6. The minimum atomic E-state index is -0.930. The number of hydrogen-bond donors (Lipinski definition) is 1. The highest BCUT2D eigenvalue weighted by molar-refractivity contribution is 5.65. The molecule has 7 atom stereocenters. The van der Waals surface area contributed by atoms with Gasteiger partial charge in [0.15, 0.2) is 11.5 Å². The van der Waals surface area contributed by atoms with Crippen LogP contribution in [0.2, 0.25) is 0 Å². The minimum absolute atomic E-state index is 0.0756. The van der Waals surface area contributed by atoms with E-state index in [0.717, 1.165) is 43.2 Å². The van der Waals surface area contributed by atoms with Crippen molar-refractivity contribution in [3.63, 3.8) is 0 Å². The van der Waals surface area contributed by atoms with Gasteiger partial charge in [-0.3, -0.25) is 4.90 Å². The van der Waals surface area contributed by atoms with Crippen LogP contribution < -0.4 is 9.47 Å². The van der Waals surface area contributed by atoms with Gasteiger partial charge in [-0.2, -0.15) is 0 Å². The Morgan fingerprint density at radius 2 is 1.91 bits per heavy atom. The van der Waals surface area contributed by atoms with Crippen LogP contribution in [0.4, 0.5) is 0 Å². The van der Waals surface area contributed by atoms with Crippen LogP contribution in [-0.4, -0.2) is 60.7 Å². The smallest absolute Gasteiger partial charge is 0.166 e. The monoisotopic (exact) mass is 479 g/mol. The Kier molecular flexibility index (Phi) is 4.30. The highest BCUT2D eigenvalue weighted by atomic mass is 16.6. The van der Waals surface area contributed by atoms with Gasteiger partial charge in [-0.15, -0.1) is 0 Å². The Morgan fingerprint density at radius 1 is 1.14 bits per heavy atom. The van der Waals surface area contributed by atoms with E-state index in [1.54, 1.807) is 7.11 Å². The van der Waals surface area contributed by atoms with Gasteiger partial charge in [0.1, 0.15) is 11.7 Å². The molecule has 0 amide bonds. The van der Waals surface area contributed by atoms with Crippen molar-refractivity contribution in [2.45, 2.75) is 88.6 Å². The summed E-state index contributed by atoms with van der Waals surface area (Å²) in [6, 6.07) is 4.80. The molecule has 2 saturated carbocycles. The number of nitrogens with zero attached hydrogens (tertiary/aromatic N) is 1. The van der Waals surface area contributed by atoms with Crippen LogP contribution in [0.1, 0.15) is 64.5 Å². The van der Waals surface area contributed by atoms with E-state index < -0.39 is 11.2 Å². The molecule has 0 radical (unpaired) electrons. The van der Waals surface area contributed by atoms with Crippen LogP contribution >= 0.6 is 0 Å². The van der Waals surface area contributed by atoms with E-state index in [2.05, 4.69) is 50.0 Å². The van der Waals surface area contributed by atoms with Crippen molar-refractivity contribution in [1.29, 1.82) is 0 Å². The maximum Gasteiger partial charge on any atom is 0.166 e. The lowest BCUT2D eigenvalue weighted by molar-refractivity contribution is -0.263. The van der Waals surface area contributed by atoms with E-state index in [1.165, 1.54) is 30.5 Å². The normalized spacial score (nSPS) is 42.4. The van der Waals surface area contributed by atoms with Gasteiger partial charge in [-0.1, -0.05) is 39.0 Å². The summed E-state index contributed by atoms with van der Waals surface area (Å²) < 4.78 is 19.5. The SMILES string of the molecule is COc1ccc2c3c1O[C@H]1[C@@]4(OC)C=C[C@@]5(C[C@@H]4[C@](C)(O)C(C)(C)C)[C@@H](C2)N(CC2CC2)CC[C@]315. The van der Waals surface area contributed by atoms with E-state index in [4.69, 9.17) is 14.2 Å². The number of likely N-dealkylation sites (tertiary alicyclic amines) is 1. The summed E-state index contributed by atoms with van der Waals surface area (Å²) in [4.78, 5) is 2.81. The number of benzene rings is 1. The van der Waals surface area contributed by atoms with Crippen molar-refractivity contribution >= 4 is 0 Å². The Morgan fingerprint density at radius 3 is 2.57 bits per heavy atom. The van der Waals surface area contributed by atoms with Gasteiger partial charge in [0.05, 0.1) is 18.1 Å². The van der Waals surface area contributed by atoms with Crippen LogP contribution in [0.15, 0.2) is 24.3 Å². The third kappa shape index (κ3) is 2.42. The molecule has 8 rings (SSSR count). The van der Waals surface area contributed by atoms with Crippen molar-refractivity contribution in [2.75, 3.05) is 27.3 Å². The molecule has 2 aliphatic heterocycles. The maximum absolute atomic E-state index is 12.2. The lowest BCUT2D eigenvalue weighted by Crippen LogP contribution is -2.81. The topological polar surface area (TPSA) is 51.2 Å². The Hall–Kier alpha value is -1.56. The molecule has 1 aromatic carbocycles. The first-order valence-electron chi connectivity index (χ1n) is 13.6. The van der Waals surface area contributed by atoms with E-state index in [9.17, 15) is 5.11 Å². The molecule has 190 valence electrons. The molecule has 0 unspecified atom stereocenters. The Bertz CT molecular complexity index is 1120. The fraction of sp³-hybridized carbons (Fsp3) is 0.733. The average Bonchev–Trinajstić information content (AvgIpc) is 3.56. The summed E-state index contributed by atoms with van der Waals surface area (Å²) in [6.07, 6.45) is 10.4. The summed E-state index contributed by atoms with van der Waals surface area (Å²) in [5.74, 6) is 2.53. The molecule has 35 heavy (non-hydrogen) atoms. The molecular formula is C30H41NO4. The summed E-state index contributed by atoms with van der Waals surface area (Å²) in [7, 11) is 3.56. The van der Waals surface area contributed by atoms with Gasteiger partial charge >= 0.3 is 0 Å². The zero-order chi connectivity index (χ0) is 24.6. The highest BCUT2D eigenvalue weighted by Crippen LogP contribution is 2.76. The third-order valence-electron chi connectivity index (χ3n) is 11.5.